The first-order valence-electron chi connectivity index (χ1n) is 8.57. The normalized spacial score (nSPS) is 13.5. The van der Waals surface area contributed by atoms with Crippen molar-refractivity contribution < 1.29 is 4.79 Å². The molecule has 0 aliphatic carbocycles. The number of amides is 1. The van der Waals surface area contributed by atoms with Crippen LogP contribution in [-0.4, -0.2) is 27.1 Å². The van der Waals surface area contributed by atoms with E-state index in [2.05, 4.69) is 29.4 Å². The lowest BCUT2D eigenvalue weighted by molar-refractivity contribution is 0.0781. The third-order valence-corrected chi connectivity index (χ3v) is 4.86. The van der Waals surface area contributed by atoms with E-state index in [9.17, 15) is 4.79 Å². The summed E-state index contributed by atoms with van der Waals surface area (Å²) in [5.74, 6) is 0.0637. The van der Waals surface area contributed by atoms with Crippen LogP contribution < -0.4 is 0 Å². The van der Waals surface area contributed by atoms with E-state index in [4.69, 9.17) is 5.26 Å². The molecule has 26 heavy (non-hydrogen) atoms. The number of fused-ring (bicyclic) bond motifs is 2. The average molecular weight is 342 g/mol. The fourth-order valence-corrected chi connectivity index (χ4v) is 3.52. The highest BCUT2D eigenvalue weighted by atomic mass is 16.2. The largest absolute Gasteiger partial charge is 0.334 e. The Labute approximate surface area is 151 Å². The number of allylic oxidation sites excluding steroid dienone is 1. The smallest absolute Gasteiger partial charge is 0.254 e. The van der Waals surface area contributed by atoms with Crippen LogP contribution in [0.5, 0.6) is 0 Å². The van der Waals surface area contributed by atoms with Gasteiger partial charge in [-0.25, -0.2) is 0 Å². The minimum Gasteiger partial charge on any atom is -0.334 e. The second kappa shape index (κ2) is 6.49. The molecule has 0 spiro atoms. The van der Waals surface area contributed by atoms with E-state index in [1.54, 1.807) is 6.08 Å². The molecule has 4 rings (SSSR count). The van der Waals surface area contributed by atoms with Crippen molar-refractivity contribution in [1.82, 2.24) is 14.7 Å². The number of carbonyl (C=O) groups is 1. The van der Waals surface area contributed by atoms with Crippen LogP contribution in [0.4, 0.5) is 0 Å². The quantitative estimate of drug-likeness (QED) is 0.680. The van der Waals surface area contributed by atoms with Gasteiger partial charge in [0.25, 0.3) is 5.91 Å². The molecule has 0 saturated heterocycles. The second-order valence-corrected chi connectivity index (χ2v) is 6.42. The number of carbonyl (C=O) groups excluding carboxylic acids is 1. The molecule has 0 fully saturated rings. The molecule has 0 atom stereocenters. The Hall–Kier alpha value is -3.39. The van der Waals surface area contributed by atoms with Gasteiger partial charge >= 0.3 is 0 Å². The maximum atomic E-state index is 12.7. The van der Waals surface area contributed by atoms with Gasteiger partial charge in [0.1, 0.15) is 0 Å². The molecule has 5 nitrogen and oxygen atoms in total. The zero-order chi connectivity index (χ0) is 18.1. The van der Waals surface area contributed by atoms with Gasteiger partial charge in [-0.2, -0.15) is 10.4 Å². The molecule has 0 radical (unpaired) electrons. The standard InChI is InChI=1S/C21H18N4O/c1-24-20-12-15(8-9-16(20)13-23-24)17-6-5-7-18-19(17)14-25(21(18)26)11-4-2-3-10-22/h2-3,5-9,12-13H,4,11,14H2,1H3/b3-2+. The number of hydrogen-bond donors (Lipinski definition) is 0. The highest BCUT2D eigenvalue weighted by Gasteiger charge is 2.28. The summed E-state index contributed by atoms with van der Waals surface area (Å²) in [7, 11) is 1.93. The third kappa shape index (κ3) is 2.66. The molecule has 0 N–H and O–H groups in total. The summed E-state index contributed by atoms with van der Waals surface area (Å²) in [5, 5.41) is 14.0. The van der Waals surface area contributed by atoms with Crippen LogP contribution in [0.15, 0.2) is 54.7 Å². The molecule has 1 amide bonds. The van der Waals surface area contributed by atoms with Crippen LogP contribution in [0.25, 0.3) is 22.0 Å². The molecule has 128 valence electrons. The van der Waals surface area contributed by atoms with Gasteiger partial charge < -0.3 is 4.90 Å². The predicted molar refractivity (Wildman–Crippen MR) is 100 cm³/mol. The highest BCUT2D eigenvalue weighted by Crippen LogP contribution is 2.34. The predicted octanol–water partition coefficient (Wildman–Crippen LogP) is 3.67. The minimum absolute atomic E-state index is 0.0637. The lowest BCUT2D eigenvalue weighted by Crippen LogP contribution is -2.24. The fourth-order valence-electron chi connectivity index (χ4n) is 3.52. The van der Waals surface area contributed by atoms with Crippen molar-refractivity contribution in [2.45, 2.75) is 13.0 Å². The van der Waals surface area contributed by atoms with Crippen molar-refractivity contribution >= 4 is 16.8 Å². The Morgan fingerprint density at radius 1 is 1.27 bits per heavy atom. The molecule has 3 aromatic rings. The van der Waals surface area contributed by atoms with Crippen molar-refractivity contribution in [3.63, 3.8) is 0 Å². The van der Waals surface area contributed by atoms with Crippen LogP contribution in [0, 0.1) is 11.3 Å². The Balaban J connectivity index is 1.69. The molecular weight excluding hydrogens is 324 g/mol. The number of aryl methyl sites for hydroxylation is 1. The Morgan fingerprint density at radius 3 is 2.96 bits per heavy atom. The number of benzene rings is 2. The summed E-state index contributed by atoms with van der Waals surface area (Å²) in [6.45, 7) is 1.22. The van der Waals surface area contributed by atoms with E-state index >= 15 is 0 Å². The van der Waals surface area contributed by atoms with Crippen molar-refractivity contribution in [1.29, 1.82) is 5.26 Å². The summed E-state index contributed by atoms with van der Waals surface area (Å²) < 4.78 is 1.86. The molecule has 0 bridgehead atoms. The minimum atomic E-state index is 0.0637. The van der Waals surface area contributed by atoms with Gasteiger partial charge in [0.05, 0.1) is 17.8 Å². The summed E-state index contributed by atoms with van der Waals surface area (Å²) >= 11 is 0. The number of rotatable bonds is 4. The number of aromatic nitrogens is 2. The molecule has 2 heterocycles. The molecular formula is C21H18N4O. The van der Waals surface area contributed by atoms with E-state index in [0.717, 1.165) is 33.2 Å². The molecule has 2 aromatic carbocycles. The first kappa shape index (κ1) is 16.1. The van der Waals surface area contributed by atoms with Crippen LogP contribution in [-0.2, 0) is 13.6 Å². The molecule has 0 saturated carbocycles. The average Bonchev–Trinajstić information content (AvgIpc) is 3.19. The van der Waals surface area contributed by atoms with E-state index in [1.165, 1.54) is 6.08 Å². The SMILES string of the molecule is Cn1ncc2ccc(-c3cccc4c3CN(CC/C=C/C#N)C4=O)cc21. The van der Waals surface area contributed by atoms with Gasteiger partial charge in [-0.05, 0) is 35.2 Å². The van der Waals surface area contributed by atoms with E-state index in [1.807, 2.05) is 41.0 Å². The molecule has 1 aliphatic rings. The van der Waals surface area contributed by atoms with Crippen LogP contribution >= 0.6 is 0 Å². The number of hydrogen-bond acceptors (Lipinski definition) is 3. The van der Waals surface area contributed by atoms with Crippen LogP contribution in [0.2, 0.25) is 0 Å². The third-order valence-electron chi connectivity index (χ3n) is 4.86. The van der Waals surface area contributed by atoms with Gasteiger partial charge in [0.2, 0.25) is 0 Å². The number of nitrogens with zero attached hydrogens (tertiary/aromatic N) is 4. The van der Waals surface area contributed by atoms with Crippen molar-refractivity contribution in [3.8, 4) is 17.2 Å². The zero-order valence-corrected chi connectivity index (χ0v) is 14.5. The van der Waals surface area contributed by atoms with E-state index < -0.39 is 0 Å². The lowest BCUT2D eigenvalue weighted by atomic mass is 9.96. The monoisotopic (exact) mass is 342 g/mol. The van der Waals surface area contributed by atoms with Gasteiger partial charge in [0, 0.05) is 37.2 Å². The van der Waals surface area contributed by atoms with E-state index in [-0.39, 0.29) is 5.91 Å². The molecule has 5 heteroatoms. The topological polar surface area (TPSA) is 61.9 Å². The zero-order valence-electron chi connectivity index (χ0n) is 14.5. The Morgan fingerprint density at radius 2 is 2.12 bits per heavy atom. The van der Waals surface area contributed by atoms with Crippen LogP contribution in [0.1, 0.15) is 22.3 Å². The van der Waals surface area contributed by atoms with Crippen molar-refractivity contribution in [3.05, 3.63) is 65.9 Å². The van der Waals surface area contributed by atoms with Gasteiger partial charge in [0.15, 0.2) is 0 Å². The lowest BCUT2D eigenvalue weighted by Gasteiger charge is -2.14. The molecule has 1 aliphatic heterocycles. The first-order chi connectivity index (χ1) is 12.7. The number of nitriles is 1. The van der Waals surface area contributed by atoms with Crippen LogP contribution in [0.3, 0.4) is 0 Å². The van der Waals surface area contributed by atoms with Crippen molar-refractivity contribution in [2.75, 3.05) is 6.54 Å². The van der Waals surface area contributed by atoms with Gasteiger partial charge in [-0.3, -0.25) is 9.48 Å². The van der Waals surface area contributed by atoms with E-state index in [0.29, 0.717) is 19.5 Å². The fraction of sp³-hybridized carbons (Fsp3) is 0.190. The van der Waals surface area contributed by atoms with Gasteiger partial charge in [-0.15, -0.1) is 0 Å². The maximum absolute atomic E-state index is 12.7. The highest BCUT2D eigenvalue weighted by molar-refractivity contribution is 6.01. The molecule has 0 unspecified atom stereocenters. The summed E-state index contributed by atoms with van der Waals surface area (Å²) in [4.78, 5) is 14.5. The Bertz CT molecular complexity index is 1070. The van der Waals surface area contributed by atoms with Crippen molar-refractivity contribution in [2.24, 2.45) is 7.05 Å². The summed E-state index contributed by atoms with van der Waals surface area (Å²) in [6.07, 6.45) is 5.80. The second-order valence-electron chi connectivity index (χ2n) is 6.42. The summed E-state index contributed by atoms with van der Waals surface area (Å²) in [6, 6.07) is 14.2. The van der Waals surface area contributed by atoms with Gasteiger partial charge in [-0.1, -0.05) is 30.3 Å². The summed E-state index contributed by atoms with van der Waals surface area (Å²) in [5.41, 5.74) is 5.11. The Kier molecular flexibility index (Phi) is 4.02. The molecule has 1 aromatic heterocycles. The maximum Gasteiger partial charge on any atom is 0.254 e. The first-order valence-corrected chi connectivity index (χ1v) is 8.57.